The summed E-state index contributed by atoms with van der Waals surface area (Å²) in [5.41, 5.74) is 9.22. The van der Waals surface area contributed by atoms with Crippen molar-refractivity contribution in [2.45, 2.75) is 45.4 Å². The van der Waals surface area contributed by atoms with Crippen LogP contribution in [0.25, 0.3) is 0 Å². The SMILES string of the molecule is COc1c(C)cnc(CN2CCC(OC)CC2CN)c1C. The first-order valence-electron chi connectivity index (χ1n) is 7.56. The Hall–Kier alpha value is -1.17. The summed E-state index contributed by atoms with van der Waals surface area (Å²) in [5, 5.41) is 0. The van der Waals surface area contributed by atoms with Gasteiger partial charge in [-0.25, -0.2) is 0 Å². The zero-order chi connectivity index (χ0) is 15.4. The molecule has 5 heteroatoms. The van der Waals surface area contributed by atoms with E-state index < -0.39 is 0 Å². The number of methoxy groups -OCH3 is 2. The summed E-state index contributed by atoms with van der Waals surface area (Å²) >= 11 is 0. The summed E-state index contributed by atoms with van der Waals surface area (Å²) < 4.78 is 11.0. The van der Waals surface area contributed by atoms with Gasteiger partial charge in [0.1, 0.15) is 5.75 Å². The highest BCUT2D eigenvalue weighted by molar-refractivity contribution is 5.41. The first-order chi connectivity index (χ1) is 10.1. The molecular weight excluding hydrogens is 266 g/mol. The number of aromatic nitrogens is 1. The molecule has 0 aromatic carbocycles. The van der Waals surface area contributed by atoms with E-state index >= 15 is 0 Å². The largest absolute Gasteiger partial charge is 0.496 e. The maximum Gasteiger partial charge on any atom is 0.128 e. The zero-order valence-electron chi connectivity index (χ0n) is 13.6. The summed E-state index contributed by atoms with van der Waals surface area (Å²) in [6.45, 7) is 6.57. The number of hydrogen-bond donors (Lipinski definition) is 1. The van der Waals surface area contributed by atoms with Crippen molar-refractivity contribution in [1.29, 1.82) is 0 Å². The molecule has 0 saturated carbocycles. The van der Waals surface area contributed by atoms with Gasteiger partial charge in [0.25, 0.3) is 0 Å². The number of nitrogens with two attached hydrogens (primary N) is 1. The highest BCUT2D eigenvalue weighted by Crippen LogP contribution is 2.27. The third kappa shape index (κ3) is 3.54. The van der Waals surface area contributed by atoms with Crippen molar-refractivity contribution in [2.75, 3.05) is 27.3 Å². The van der Waals surface area contributed by atoms with Crippen LogP contribution in [0.15, 0.2) is 6.20 Å². The van der Waals surface area contributed by atoms with Crippen LogP contribution in [-0.2, 0) is 11.3 Å². The van der Waals surface area contributed by atoms with Gasteiger partial charge in [-0.05, 0) is 26.7 Å². The van der Waals surface area contributed by atoms with E-state index in [2.05, 4.69) is 16.8 Å². The van der Waals surface area contributed by atoms with Crippen LogP contribution in [0.2, 0.25) is 0 Å². The second kappa shape index (κ2) is 7.20. The van der Waals surface area contributed by atoms with E-state index in [4.69, 9.17) is 15.2 Å². The lowest BCUT2D eigenvalue weighted by molar-refractivity contribution is 0.00969. The molecule has 0 spiro atoms. The predicted molar refractivity (Wildman–Crippen MR) is 83.5 cm³/mol. The molecule has 5 nitrogen and oxygen atoms in total. The number of ether oxygens (including phenoxy) is 2. The highest BCUT2D eigenvalue weighted by atomic mass is 16.5. The van der Waals surface area contributed by atoms with Crippen LogP contribution >= 0.6 is 0 Å². The van der Waals surface area contributed by atoms with Gasteiger partial charge in [0.2, 0.25) is 0 Å². The molecule has 2 heterocycles. The van der Waals surface area contributed by atoms with Crippen LogP contribution in [0.1, 0.15) is 29.7 Å². The van der Waals surface area contributed by atoms with Gasteiger partial charge in [0, 0.05) is 50.1 Å². The maximum absolute atomic E-state index is 5.94. The Morgan fingerprint density at radius 2 is 2.14 bits per heavy atom. The van der Waals surface area contributed by atoms with E-state index in [0.29, 0.717) is 18.7 Å². The van der Waals surface area contributed by atoms with Gasteiger partial charge in [0.15, 0.2) is 0 Å². The Morgan fingerprint density at radius 3 is 2.76 bits per heavy atom. The molecule has 2 N–H and O–H groups in total. The first kappa shape index (κ1) is 16.2. The predicted octanol–water partition coefficient (Wildman–Crippen LogP) is 1.65. The minimum absolute atomic E-state index is 0.330. The molecule has 1 aromatic rings. The fourth-order valence-corrected chi connectivity index (χ4v) is 3.15. The third-order valence-electron chi connectivity index (χ3n) is 4.50. The van der Waals surface area contributed by atoms with Crippen molar-refractivity contribution in [2.24, 2.45) is 5.73 Å². The standard InChI is InChI=1S/C16H27N3O2/c1-11-9-18-15(12(2)16(11)21-4)10-19-6-5-14(20-3)7-13(19)8-17/h9,13-14H,5-8,10,17H2,1-4H3. The van der Waals surface area contributed by atoms with Crippen LogP contribution < -0.4 is 10.5 Å². The number of rotatable bonds is 5. The highest BCUT2D eigenvalue weighted by Gasteiger charge is 2.28. The summed E-state index contributed by atoms with van der Waals surface area (Å²) in [6, 6.07) is 0.359. The van der Waals surface area contributed by atoms with Gasteiger partial charge >= 0.3 is 0 Å². The van der Waals surface area contributed by atoms with Crippen LogP contribution in [-0.4, -0.2) is 49.3 Å². The lowest BCUT2D eigenvalue weighted by atomic mass is 9.98. The van der Waals surface area contributed by atoms with Crippen molar-refractivity contribution < 1.29 is 9.47 Å². The molecule has 1 fully saturated rings. The van der Waals surface area contributed by atoms with Gasteiger partial charge in [-0.3, -0.25) is 9.88 Å². The van der Waals surface area contributed by atoms with Crippen LogP contribution in [0.5, 0.6) is 5.75 Å². The fourth-order valence-electron chi connectivity index (χ4n) is 3.15. The molecule has 2 rings (SSSR count). The molecule has 2 atom stereocenters. The zero-order valence-corrected chi connectivity index (χ0v) is 13.6. The molecule has 21 heavy (non-hydrogen) atoms. The van der Waals surface area contributed by atoms with Crippen LogP contribution in [0, 0.1) is 13.8 Å². The Balaban J connectivity index is 2.14. The summed E-state index contributed by atoms with van der Waals surface area (Å²) in [7, 11) is 3.50. The molecule has 118 valence electrons. The quantitative estimate of drug-likeness (QED) is 0.894. The van der Waals surface area contributed by atoms with Gasteiger partial charge in [-0.1, -0.05) is 0 Å². The molecule has 1 saturated heterocycles. The van der Waals surface area contributed by atoms with Crippen molar-refractivity contribution in [3.8, 4) is 5.75 Å². The molecule has 2 unspecified atom stereocenters. The van der Waals surface area contributed by atoms with Gasteiger partial charge in [-0.2, -0.15) is 0 Å². The first-order valence-corrected chi connectivity index (χ1v) is 7.56. The van der Waals surface area contributed by atoms with Crippen LogP contribution in [0.3, 0.4) is 0 Å². The van der Waals surface area contributed by atoms with Crippen molar-refractivity contribution in [3.05, 3.63) is 23.0 Å². The van der Waals surface area contributed by atoms with Crippen LogP contribution in [0.4, 0.5) is 0 Å². The lowest BCUT2D eigenvalue weighted by Gasteiger charge is -2.38. The minimum Gasteiger partial charge on any atom is -0.496 e. The molecule has 1 aromatic heterocycles. The second-order valence-corrected chi connectivity index (χ2v) is 5.79. The number of nitrogens with zero attached hydrogens (tertiary/aromatic N) is 2. The van der Waals surface area contributed by atoms with Crippen molar-refractivity contribution in [1.82, 2.24) is 9.88 Å². The number of aryl methyl sites for hydroxylation is 1. The van der Waals surface area contributed by atoms with E-state index in [0.717, 1.165) is 48.5 Å². The number of likely N-dealkylation sites (tertiary alicyclic amines) is 1. The van der Waals surface area contributed by atoms with E-state index in [-0.39, 0.29) is 0 Å². The second-order valence-electron chi connectivity index (χ2n) is 5.79. The molecular formula is C16H27N3O2. The van der Waals surface area contributed by atoms with Gasteiger partial charge in [-0.15, -0.1) is 0 Å². The van der Waals surface area contributed by atoms with E-state index in [1.807, 2.05) is 13.1 Å². The smallest absolute Gasteiger partial charge is 0.128 e. The Bertz CT molecular complexity index is 479. The fraction of sp³-hybridized carbons (Fsp3) is 0.688. The molecule has 0 bridgehead atoms. The van der Waals surface area contributed by atoms with Gasteiger partial charge in [0.05, 0.1) is 18.9 Å². The molecule has 0 radical (unpaired) electrons. The molecule has 0 amide bonds. The minimum atomic E-state index is 0.330. The normalized spacial score (nSPS) is 23.3. The van der Waals surface area contributed by atoms with E-state index in [1.165, 1.54) is 0 Å². The van der Waals surface area contributed by atoms with E-state index in [9.17, 15) is 0 Å². The number of pyridine rings is 1. The molecule has 1 aliphatic heterocycles. The average Bonchev–Trinajstić information content (AvgIpc) is 2.51. The topological polar surface area (TPSA) is 60.6 Å². The van der Waals surface area contributed by atoms with Crippen molar-refractivity contribution >= 4 is 0 Å². The summed E-state index contributed by atoms with van der Waals surface area (Å²) in [6.07, 6.45) is 4.27. The molecule has 1 aliphatic rings. The average molecular weight is 293 g/mol. The molecule has 0 aliphatic carbocycles. The maximum atomic E-state index is 5.94. The van der Waals surface area contributed by atoms with Gasteiger partial charge < -0.3 is 15.2 Å². The Kier molecular flexibility index (Phi) is 5.56. The van der Waals surface area contributed by atoms with Crippen molar-refractivity contribution in [3.63, 3.8) is 0 Å². The summed E-state index contributed by atoms with van der Waals surface area (Å²) in [4.78, 5) is 7.01. The Morgan fingerprint density at radius 1 is 1.38 bits per heavy atom. The number of piperidine rings is 1. The Labute approximate surface area is 127 Å². The summed E-state index contributed by atoms with van der Waals surface area (Å²) in [5.74, 6) is 0.941. The lowest BCUT2D eigenvalue weighted by Crippen LogP contribution is -2.48. The van der Waals surface area contributed by atoms with E-state index in [1.54, 1.807) is 14.2 Å². The monoisotopic (exact) mass is 293 g/mol. The third-order valence-corrected chi connectivity index (χ3v) is 4.50. The number of hydrogen-bond acceptors (Lipinski definition) is 5.